The Morgan fingerprint density at radius 1 is 1.21 bits per heavy atom. The van der Waals surface area contributed by atoms with Gasteiger partial charge in [0.25, 0.3) is 0 Å². The summed E-state index contributed by atoms with van der Waals surface area (Å²) < 4.78 is 0. The Morgan fingerprint density at radius 2 is 1.84 bits per heavy atom. The third-order valence-corrected chi connectivity index (χ3v) is 3.83. The van der Waals surface area contributed by atoms with Crippen LogP contribution in [0, 0.1) is 11.8 Å². The van der Waals surface area contributed by atoms with E-state index >= 15 is 0 Å². The highest BCUT2D eigenvalue weighted by molar-refractivity contribution is 5.85. The summed E-state index contributed by atoms with van der Waals surface area (Å²) in [7, 11) is 0. The number of hydrogen-bond donors (Lipinski definition) is 2. The number of rotatable bonds is 4. The number of benzene rings is 1. The first-order chi connectivity index (χ1) is 9.09. The van der Waals surface area contributed by atoms with Crippen molar-refractivity contribution < 1.29 is 14.7 Å². The molecule has 0 saturated heterocycles. The quantitative estimate of drug-likeness (QED) is 0.874. The summed E-state index contributed by atoms with van der Waals surface area (Å²) in [6, 6.07) is 9.59. The van der Waals surface area contributed by atoms with E-state index < -0.39 is 11.9 Å². The molecule has 0 spiro atoms. The summed E-state index contributed by atoms with van der Waals surface area (Å²) >= 11 is 0. The van der Waals surface area contributed by atoms with Crippen LogP contribution < -0.4 is 5.32 Å². The first-order valence-electron chi connectivity index (χ1n) is 6.67. The molecule has 102 valence electrons. The van der Waals surface area contributed by atoms with E-state index in [0.29, 0.717) is 12.8 Å². The van der Waals surface area contributed by atoms with Crippen molar-refractivity contribution in [2.45, 2.75) is 32.2 Å². The number of hydrogen-bond acceptors (Lipinski definition) is 2. The molecule has 0 aromatic heterocycles. The van der Waals surface area contributed by atoms with E-state index in [9.17, 15) is 9.59 Å². The van der Waals surface area contributed by atoms with Gasteiger partial charge in [-0.15, -0.1) is 0 Å². The van der Waals surface area contributed by atoms with Gasteiger partial charge in [0.2, 0.25) is 5.91 Å². The first kappa shape index (κ1) is 13.6. The lowest BCUT2D eigenvalue weighted by Gasteiger charge is -2.20. The fourth-order valence-electron chi connectivity index (χ4n) is 2.71. The molecule has 0 aliphatic heterocycles. The number of aliphatic carboxylic acids is 1. The van der Waals surface area contributed by atoms with Gasteiger partial charge in [0.1, 0.15) is 0 Å². The van der Waals surface area contributed by atoms with Gasteiger partial charge in [-0.05, 0) is 25.3 Å². The Kier molecular flexibility index (Phi) is 4.20. The van der Waals surface area contributed by atoms with Crippen molar-refractivity contribution in [2.24, 2.45) is 11.8 Å². The average molecular weight is 261 g/mol. The topological polar surface area (TPSA) is 66.4 Å². The summed E-state index contributed by atoms with van der Waals surface area (Å²) in [4.78, 5) is 23.3. The van der Waals surface area contributed by atoms with Crippen LogP contribution in [0.2, 0.25) is 0 Å². The molecule has 2 N–H and O–H groups in total. The van der Waals surface area contributed by atoms with E-state index in [4.69, 9.17) is 5.11 Å². The number of carboxylic acids is 1. The standard InChI is InChI=1S/C15H19NO3/c1-10(11-6-3-2-4-7-11)16-14(17)12-8-5-9-13(12)15(18)19/h2-4,6-7,10,12-13H,5,8-9H2,1H3,(H,16,17)(H,18,19)/t10-,12?,13?/m1/s1. The van der Waals surface area contributed by atoms with Gasteiger partial charge in [0.15, 0.2) is 0 Å². The summed E-state index contributed by atoms with van der Waals surface area (Å²) in [5.41, 5.74) is 1.03. The minimum atomic E-state index is -0.856. The van der Waals surface area contributed by atoms with Crippen LogP contribution in [0.15, 0.2) is 30.3 Å². The van der Waals surface area contributed by atoms with Gasteiger partial charge in [-0.3, -0.25) is 9.59 Å². The van der Waals surface area contributed by atoms with Gasteiger partial charge in [-0.2, -0.15) is 0 Å². The Labute approximate surface area is 112 Å². The number of carbonyl (C=O) groups is 2. The van der Waals surface area contributed by atoms with Crippen LogP contribution in [-0.2, 0) is 9.59 Å². The van der Waals surface area contributed by atoms with E-state index in [1.54, 1.807) is 0 Å². The summed E-state index contributed by atoms with van der Waals surface area (Å²) in [6.07, 6.45) is 2.09. The number of carboxylic acid groups (broad SMARTS) is 1. The summed E-state index contributed by atoms with van der Waals surface area (Å²) in [5.74, 6) is -1.90. The van der Waals surface area contributed by atoms with Crippen molar-refractivity contribution in [3.8, 4) is 0 Å². The van der Waals surface area contributed by atoms with Crippen LogP contribution >= 0.6 is 0 Å². The van der Waals surface area contributed by atoms with Gasteiger partial charge >= 0.3 is 5.97 Å². The van der Waals surface area contributed by atoms with Crippen molar-refractivity contribution in [3.05, 3.63) is 35.9 Å². The smallest absolute Gasteiger partial charge is 0.307 e. The zero-order valence-corrected chi connectivity index (χ0v) is 11.0. The Bertz CT molecular complexity index is 458. The molecule has 4 heteroatoms. The van der Waals surface area contributed by atoms with Gasteiger partial charge in [-0.1, -0.05) is 36.8 Å². The Balaban J connectivity index is 1.99. The van der Waals surface area contributed by atoms with Crippen LogP contribution in [0.1, 0.15) is 37.8 Å². The van der Waals surface area contributed by atoms with Crippen molar-refractivity contribution in [1.29, 1.82) is 0 Å². The molecule has 1 aliphatic carbocycles. The van der Waals surface area contributed by atoms with Crippen molar-refractivity contribution in [2.75, 3.05) is 0 Å². The number of nitrogens with one attached hydrogen (secondary N) is 1. The molecular formula is C15H19NO3. The van der Waals surface area contributed by atoms with E-state index in [1.807, 2.05) is 37.3 Å². The molecule has 2 rings (SSSR count). The molecular weight excluding hydrogens is 242 g/mol. The second-order valence-electron chi connectivity index (χ2n) is 5.12. The fraction of sp³-hybridized carbons (Fsp3) is 0.467. The zero-order chi connectivity index (χ0) is 13.8. The molecule has 1 saturated carbocycles. The van der Waals surface area contributed by atoms with Gasteiger partial charge in [-0.25, -0.2) is 0 Å². The van der Waals surface area contributed by atoms with E-state index in [1.165, 1.54) is 0 Å². The highest BCUT2D eigenvalue weighted by atomic mass is 16.4. The second kappa shape index (κ2) is 5.87. The molecule has 0 heterocycles. The fourth-order valence-corrected chi connectivity index (χ4v) is 2.71. The molecule has 1 aromatic rings. The Morgan fingerprint density at radius 3 is 2.47 bits per heavy atom. The maximum atomic E-state index is 12.2. The summed E-state index contributed by atoms with van der Waals surface area (Å²) in [5, 5.41) is 12.0. The summed E-state index contributed by atoms with van der Waals surface area (Å²) in [6.45, 7) is 1.91. The zero-order valence-electron chi connectivity index (χ0n) is 11.0. The highest BCUT2D eigenvalue weighted by Crippen LogP contribution is 2.32. The molecule has 2 unspecified atom stereocenters. The molecule has 0 bridgehead atoms. The minimum absolute atomic E-state index is 0.0938. The maximum Gasteiger partial charge on any atom is 0.307 e. The van der Waals surface area contributed by atoms with Crippen LogP contribution in [0.5, 0.6) is 0 Å². The van der Waals surface area contributed by atoms with Crippen molar-refractivity contribution in [1.82, 2.24) is 5.32 Å². The van der Waals surface area contributed by atoms with Crippen molar-refractivity contribution >= 4 is 11.9 Å². The maximum absolute atomic E-state index is 12.2. The van der Waals surface area contributed by atoms with Crippen LogP contribution in [-0.4, -0.2) is 17.0 Å². The monoisotopic (exact) mass is 261 g/mol. The largest absolute Gasteiger partial charge is 0.481 e. The predicted octanol–water partition coefficient (Wildman–Crippen LogP) is 2.36. The molecule has 1 amide bonds. The highest BCUT2D eigenvalue weighted by Gasteiger charge is 2.37. The Hall–Kier alpha value is -1.84. The molecule has 1 fully saturated rings. The van der Waals surface area contributed by atoms with Crippen molar-refractivity contribution in [3.63, 3.8) is 0 Å². The van der Waals surface area contributed by atoms with Gasteiger partial charge in [0, 0.05) is 0 Å². The third-order valence-electron chi connectivity index (χ3n) is 3.83. The molecule has 3 atom stereocenters. The van der Waals surface area contributed by atoms with Gasteiger partial charge in [0.05, 0.1) is 17.9 Å². The van der Waals surface area contributed by atoms with Crippen LogP contribution in [0.25, 0.3) is 0 Å². The predicted molar refractivity (Wildman–Crippen MR) is 71.5 cm³/mol. The molecule has 1 aromatic carbocycles. The third kappa shape index (κ3) is 3.13. The second-order valence-corrected chi connectivity index (χ2v) is 5.12. The lowest BCUT2D eigenvalue weighted by molar-refractivity contribution is -0.146. The van der Waals surface area contributed by atoms with E-state index in [2.05, 4.69) is 5.32 Å². The number of carbonyl (C=O) groups excluding carboxylic acids is 1. The van der Waals surface area contributed by atoms with Crippen LogP contribution in [0.3, 0.4) is 0 Å². The normalized spacial score (nSPS) is 23.8. The minimum Gasteiger partial charge on any atom is -0.481 e. The SMILES string of the molecule is C[C@@H](NC(=O)C1CCCC1C(=O)O)c1ccccc1. The first-order valence-corrected chi connectivity index (χ1v) is 6.67. The lowest BCUT2D eigenvalue weighted by Crippen LogP contribution is -2.36. The number of amides is 1. The van der Waals surface area contributed by atoms with E-state index in [-0.39, 0.29) is 17.9 Å². The average Bonchev–Trinajstić information content (AvgIpc) is 2.89. The van der Waals surface area contributed by atoms with E-state index in [0.717, 1.165) is 12.0 Å². The van der Waals surface area contributed by atoms with Gasteiger partial charge < -0.3 is 10.4 Å². The lowest BCUT2D eigenvalue weighted by atomic mass is 9.94. The van der Waals surface area contributed by atoms with Crippen LogP contribution in [0.4, 0.5) is 0 Å². The molecule has 19 heavy (non-hydrogen) atoms. The molecule has 0 radical (unpaired) electrons. The molecule has 1 aliphatic rings. The molecule has 4 nitrogen and oxygen atoms in total.